The second kappa shape index (κ2) is 10.4. The van der Waals surface area contributed by atoms with Gasteiger partial charge in [-0.1, -0.05) is 24.3 Å². The van der Waals surface area contributed by atoms with Gasteiger partial charge in [-0.25, -0.2) is 9.78 Å². The third kappa shape index (κ3) is 5.28. The highest BCUT2D eigenvalue weighted by Crippen LogP contribution is 2.12. The molecule has 2 aromatic heterocycles. The largest absolute Gasteiger partial charge is 0.376 e. The van der Waals surface area contributed by atoms with Crippen LogP contribution in [0.3, 0.4) is 0 Å². The zero-order chi connectivity index (χ0) is 24.2. The zero-order valence-electron chi connectivity index (χ0n) is 20.0. The highest BCUT2D eigenvalue weighted by atomic mass is 16.5. The SMILES string of the molecule is CC1CN(Cc2cccc(CNC(=O)CCCn3cnc4c3c(=O)n(C)c(=O)n4C)c2)CCO1. The second-order valence-corrected chi connectivity index (χ2v) is 8.93. The molecule has 1 saturated heterocycles. The van der Waals surface area contributed by atoms with E-state index in [1.807, 2.05) is 12.1 Å². The average molecular weight is 469 g/mol. The van der Waals surface area contributed by atoms with Crippen LogP contribution >= 0.6 is 0 Å². The maximum Gasteiger partial charge on any atom is 0.332 e. The van der Waals surface area contributed by atoms with Crippen molar-refractivity contribution in [1.82, 2.24) is 28.9 Å². The maximum atomic E-state index is 12.5. The van der Waals surface area contributed by atoms with E-state index < -0.39 is 5.69 Å². The Bertz CT molecular complexity index is 1290. The summed E-state index contributed by atoms with van der Waals surface area (Å²) in [6, 6.07) is 8.29. The van der Waals surface area contributed by atoms with Gasteiger partial charge < -0.3 is 14.6 Å². The molecule has 1 unspecified atom stereocenters. The number of fused-ring (bicyclic) bond motifs is 1. The molecule has 182 valence electrons. The molecule has 4 rings (SSSR count). The first-order valence-electron chi connectivity index (χ1n) is 11.6. The zero-order valence-corrected chi connectivity index (χ0v) is 20.0. The number of aromatic nitrogens is 4. The fourth-order valence-electron chi connectivity index (χ4n) is 4.40. The van der Waals surface area contributed by atoms with Gasteiger partial charge in [0.05, 0.1) is 19.0 Å². The van der Waals surface area contributed by atoms with Gasteiger partial charge in [0, 0.05) is 53.2 Å². The molecule has 1 amide bonds. The van der Waals surface area contributed by atoms with Crippen molar-refractivity contribution in [3.8, 4) is 0 Å². The molecule has 1 aliphatic rings. The number of carbonyl (C=O) groups is 1. The summed E-state index contributed by atoms with van der Waals surface area (Å²) in [5.41, 5.74) is 2.22. The van der Waals surface area contributed by atoms with Gasteiger partial charge in [0.1, 0.15) is 0 Å². The quantitative estimate of drug-likeness (QED) is 0.523. The fourth-order valence-corrected chi connectivity index (χ4v) is 4.40. The molecule has 0 saturated carbocycles. The third-order valence-electron chi connectivity index (χ3n) is 6.23. The van der Waals surface area contributed by atoms with E-state index in [2.05, 4.69) is 34.3 Å². The Hall–Kier alpha value is -3.24. The molecule has 0 spiro atoms. The smallest absolute Gasteiger partial charge is 0.332 e. The summed E-state index contributed by atoms with van der Waals surface area (Å²) in [5.74, 6) is -0.0443. The number of ether oxygens (including phenoxy) is 1. The summed E-state index contributed by atoms with van der Waals surface area (Å²) in [6.45, 7) is 6.52. The Labute approximate surface area is 197 Å². The van der Waals surface area contributed by atoms with E-state index in [1.165, 1.54) is 17.2 Å². The second-order valence-electron chi connectivity index (χ2n) is 8.93. The summed E-state index contributed by atoms with van der Waals surface area (Å²) >= 11 is 0. The molecule has 10 heteroatoms. The van der Waals surface area contributed by atoms with Crippen LogP contribution in [-0.4, -0.2) is 55.3 Å². The number of hydrogen-bond donors (Lipinski definition) is 1. The molecule has 3 aromatic rings. The first kappa shape index (κ1) is 23.9. The number of amides is 1. The van der Waals surface area contributed by atoms with Crippen LogP contribution in [0.2, 0.25) is 0 Å². The maximum absolute atomic E-state index is 12.5. The molecule has 0 radical (unpaired) electrons. The lowest BCUT2D eigenvalue weighted by atomic mass is 10.1. The number of nitrogens with zero attached hydrogens (tertiary/aromatic N) is 5. The molecule has 0 bridgehead atoms. The lowest BCUT2D eigenvalue weighted by Gasteiger charge is -2.31. The van der Waals surface area contributed by atoms with Crippen LogP contribution in [0.15, 0.2) is 40.2 Å². The van der Waals surface area contributed by atoms with Crippen molar-refractivity contribution in [1.29, 1.82) is 0 Å². The van der Waals surface area contributed by atoms with Gasteiger partial charge in [-0.2, -0.15) is 0 Å². The van der Waals surface area contributed by atoms with Crippen LogP contribution in [0.1, 0.15) is 30.9 Å². The van der Waals surface area contributed by atoms with E-state index >= 15 is 0 Å². The summed E-state index contributed by atoms with van der Waals surface area (Å²) < 4.78 is 9.74. The summed E-state index contributed by atoms with van der Waals surface area (Å²) in [7, 11) is 3.04. The number of morpholine rings is 1. The van der Waals surface area contributed by atoms with E-state index in [1.54, 1.807) is 17.9 Å². The van der Waals surface area contributed by atoms with Crippen LogP contribution in [0.25, 0.3) is 11.2 Å². The Morgan fingerprint density at radius 1 is 1.21 bits per heavy atom. The van der Waals surface area contributed by atoms with Gasteiger partial charge in [0.2, 0.25) is 5.91 Å². The van der Waals surface area contributed by atoms with E-state index in [-0.39, 0.29) is 17.6 Å². The predicted octanol–water partition coefficient (Wildman–Crippen LogP) is 0.751. The Balaban J connectivity index is 1.28. The molecule has 1 aliphatic heterocycles. The summed E-state index contributed by atoms with van der Waals surface area (Å²) in [5, 5.41) is 2.98. The molecule has 10 nitrogen and oxygen atoms in total. The number of aryl methyl sites for hydroxylation is 2. The lowest BCUT2D eigenvalue weighted by Crippen LogP contribution is -2.40. The highest BCUT2D eigenvalue weighted by molar-refractivity contribution is 5.76. The number of rotatable bonds is 8. The molecule has 1 fully saturated rings. The topological polar surface area (TPSA) is 103 Å². The number of benzene rings is 1. The number of carbonyl (C=O) groups excluding carboxylic acids is 1. The fraction of sp³-hybridized carbons (Fsp3) is 0.500. The van der Waals surface area contributed by atoms with Crippen molar-refractivity contribution in [2.24, 2.45) is 14.1 Å². The number of imidazole rings is 1. The van der Waals surface area contributed by atoms with E-state index in [4.69, 9.17) is 4.74 Å². The van der Waals surface area contributed by atoms with Crippen LogP contribution < -0.4 is 16.6 Å². The first-order valence-corrected chi connectivity index (χ1v) is 11.6. The molecule has 1 N–H and O–H groups in total. The molecular formula is C24H32N6O4. The van der Waals surface area contributed by atoms with Crippen LogP contribution in [0.4, 0.5) is 0 Å². The molecular weight excluding hydrogens is 436 g/mol. The van der Waals surface area contributed by atoms with Gasteiger partial charge in [0.25, 0.3) is 5.56 Å². The average Bonchev–Trinajstić information content (AvgIpc) is 3.24. The summed E-state index contributed by atoms with van der Waals surface area (Å²) in [6.07, 6.45) is 2.69. The monoisotopic (exact) mass is 468 g/mol. The third-order valence-corrected chi connectivity index (χ3v) is 6.23. The minimum Gasteiger partial charge on any atom is -0.376 e. The molecule has 0 aliphatic carbocycles. The van der Waals surface area contributed by atoms with Crippen molar-refractivity contribution in [3.05, 3.63) is 62.6 Å². The van der Waals surface area contributed by atoms with E-state index in [0.29, 0.717) is 37.1 Å². The Morgan fingerprint density at radius 3 is 2.79 bits per heavy atom. The van der Waals surface area contributed by atoms with Gasteiger partial charge in [-0.15, -0.1) is 0 Å². The van der Waals surface area contributed by atoms with E-state index in [0.717, 1.165) is 36.4 Å². The molecule has 1 atom stereocenters. The normalized spacial score (nSPS) is 16.7. The Kier molecular flexibility index (Phi) is 7.28. The predicted molar refractivity (Wildman–Crippen MR) is 128 cm³/mol. The molecule has 34 heavy (non-hydrogen) atoms. The standard InChI is InChI=1S/C24H32N6O4/c1-17-14-29(10-11-34-17)15-19-7-4-6-18(12-19)13-25-20(31)8-5-9-30-16-26-22-21(30)23(32)28(3)24(33)27(22)2/h4,6-7,12,16-17H,5,8-11,13-15H2,1-3H3,(H,25,31). The van der Waals surface area contributed by atoms with Crippen molar-refractivity contribution < 1.29 is 9.53 Å². The van der Waals surface area contributed by atoms with E-state index in [9.17, 15) is 14.4 Å². The van der Waals surface area contributed by atoms with Gasteiger partial charge >= 0.3 is 5.69 Å². The molecule has 3 heterocycles. The Morgan fingerprint density at radius 2 is 2.00 bits per heavy atom. The number of hydrogen-bond acceptors (Lipinski definition) is 6. The van der Waals surface area contributed by atoms with Crippen molar-refractivity contribution in [2.45, 2.75) is 45.5 Å². The van der Waals surface area contributed by atoms with Gasteiger partial charge in [-0.3, -0.25) is 23.6 Å². The van der Waals surface area contributed by atoms with Gasteiger partial charge in [0.15, 0.2) is 11.2 Å². The van der Waals surface area contributed by atoms with Crippen molar-refractivity contribution in [2.75, 3.05) is 19.7 Å². The van der Waals surface area contributed by atoms with Crippen LogP contribution in [0, 0.1) is 0 Å². The highest BCUT2D eigenvalue weighted by Gasteiger charge is 2.17. The van der Waals surface area contributed by atoms with Crippen molar-refractivity contribution >= 4 is 17.1 Å². The summed E-state index contributed by atoms with van der Waals surface area (Å²) in [4.78, 5) is 43.6. The minimum atomic E-state index is -0.411. The van der Waals surface area contributed by atoms with Gasteiger partial charge in [-0.05, 0) is 24.5 Å². The van der Waals surface area contributed by atoms with Crippen LogP contribution in [0.5, 0.6) is 0 Å². The minimum absolute atomic E-state index is 0.0443. The number of nitrogens with one attached hydrogen (secondary N) is 1. The van der Waals surface area contributed by atoms with Crippen molar-refractivity contribution in [3.63, 3.8) is 0 Å². The van der Waals surface area contributed by atoms with Crippen LogP contribution in [-0.2, 0) is 43.3 Å². The lowest BCUT2D eigenvalue weighted by molar-refractivity contribution is -0.121. The first-order chi connectivity index (χ1) is 16.3. The molecule has 1 aromatic carbocycles.